The molecule has 0 amide bonds. The molecule has 4 nitrogen and oxygen atoms in total. The summed E-state index contributed by atoms with van der Waals surface area (Å²) in [5.41, 5.74) is 2.39. The molecule has 2 rings (SSSR count). The van der Waals surface area contributed by atoms with Crippen LogP contribution in [-0.4, -0.2) is 5.97 Å². The van der Waals surface area contributed by atoms with Crippen LogP contribution in [0.15, 0.2) is 72.1 Å². The van der Waals surface area contributed by atoms with Crippen LogP contribution in [0.5, 0.6) is 0 Å². The van der Waals surface area contributed by atoms with Gasteiger partial charge in [0, 0.05) is 6.08 Å². The van der Waals surface area contributed by atoms with E-state index in [0.29, 0.717) is 5.57 Å². The molecule has 0 saturated heterocycles. The van der Waals surface area contributed by atoms with E-state index < -0.39 is 5.97 Å². The zero-order chi connectivity index (χ0) is 13.5. The van der Waals surface area contributed by atoms with Gasteiger partial charge in [-0.3, -0.25) is 4.84 Å². The summed E-state index contributed by atoms with van der Waals surface area (Å²) < 4.78 is 0. The summed E-state index contributed by atoms with van der Waals surface area (Å²) in [5, 5.41) is 2.13. The van der Waals surface area contributed by atoms with E-state index in [4.69, 9.17) is 0 Å². The van der Waals surface area contributed by atoms with Crippen LogP contribution in [0.2, 0.25) is 0 Å². The average molecular weight is 253 g/mol. The zero-order valence-corrected chi connectivity index (χ0v) is 10.0. The van der Waals surface area contributed by atoms with E-state index in [9.17, 15) is 9.70 Å². The van der Waals surface area contributed by atoms with Gasteiger partial charge in [0.1, 0.15) is 0 Å². The van der Waals surface area contributed by atoms with Crippen LogP contribution < -0.4 is 0 Å². The minimum Gasteiger partial charge on any atom is -0.280 e. The Morgan fingerprint density at radius 2 is 1.37 bits per heavy atom. The van der Waals surface area contributed by atoms with Gasteiger partial charge in [-0.25, -0.2) is 4.79 Å². The molecule has 0 unspecified atom stereocenters. The number of carbonyl (C=O) groups excluding carboxylic acids is 1. The van der Waals surface area contributed by atoms with Crippen LogP contribution in [0.3, 0.4) is 0 Å². The SMILES string of the molecule is O=NOC(=O)C=C(c1ccccc1)c1ccccc1. The van der Waals surface area contributed by atoms with Gasteiger partial charge in [-0.15, -0.1) is 4.91 Å². The van der Waals surface area contributed by atoms with Crippen LogP contribution in [0.4, 0.5) is 0 Å². The third-order valence-corrected chi connectivity index (χ3v) is 2.56. The first-order valence-electron chi connectivity index (χ1n) is 5.67. The van der Waals surface area contributed by atoms with Crippen molar-refractivity contribution in [2.24, 2.45) is 5.34 Å². The molecule has 0 radical (unpaired) electrons. The van der Waals surface area contributed by atoms with E-state index in [1.165, 1.54) is 6.08 Å². The van der Waals surface area contributed by atoms with Crippen molar-refractivity contribution in [3.05, 3.63) is 82.8 Å². The fourth-order valence-electron chi connectivity index (χ4n) is 1.75. The minimum absolute atomic E-state index is 0.676. The second-order valence-electron chi connectivity index (χ2n) is 3.77. The van der Waals surface area contributed by atoms with Crippen molar-refractivity contribution in [2.45, 2.75) is 0 Å². The summed E-state index contributed by atoms with van der Waals surface area (Å²) in [6.07, 6.45) is 1.26. The van der Waals surface area contributed by atoms with Crippen molar-refractivity contribution in [2.75, 3.05) is 0 Å². The fraction of sp³-hybridized carbons (Fsp3) is 0. The number of benzene rings is 2. The Bertz CT molecular complexity index is 550. The summed E-state index contributed by atoms with van der Waals surface area (Å²) in [7, 11) is 0. The fourth-order valence-corrected chi connectivity index (χ4v) is 1.75. The molecule has 0 fully saturated rings. The van der Waals surface area contributed by atoms with E-state index in [-0.39, 0.29) is 0 Å². The normalized spacial score (nSPS) is 9.47. The zero-order valence-electron chi connectivity index (χ0n) is 10.0. The first kappa shape index (κ1) is 12.7. The quantitative estimate of drug-likeness (QED) is 0.477. The Kier molecular flexibility index (Phi) is 4.18. The van der Waals surface area contributed by atoms with Gasteiger partial charge < -0.3 is 0 Å². The van der Waals surface area contributed by atoms with E-state index in [1.807, 2.05) is 60.7 Å². The van der Waals surface area contributed by atoms with E-state index >= 15 is 0 Å². The predicted molar refractivity (Wildman–Crippen MR) is 71.9 cm³/mol. The summed E-state index contributed by atoms with van der Waals surface area (Å²) in [6.45, 7) is 0. The van der Waals surface area contributed by atoms with Crippen molar-refractivity contribution in [1.82, 2.24) is 0 Å². The van der Waals surface area contributed by atoms with Crippen LogP contribution in [0, 0.1) is 4.91 Å². The van der Waals surface area contributed by atoms with Crippen molar-refractivity contribution in [3.63, 3.8) is 0 Å². The lowest BCUT2D eigenvalue weighted by molar-refractivity contribution is -0.137. The van der Waals surface area contributed by atoms with Crippen molar-refractivity contribution in [3.8, 4) is 0 Å². The average Bonchev–Trinajstić information content (AvgIpc) is 2.47. The molecule has 0 aromatic heterocycles. The van der Waals surface area contributed by atoms with Gasteiger partial charge in [-0.2, -0.15) is 0 Å². The highest BCUT2D eigenvalue weighted by molar-refractivity contribution is 5.96. The lowest BCUT2D eigenvalue weighted by atomic mass is 9.98. The second-order valence-corrected chi connectivity index (χ2v) is 3.77. The van der Waals surface area contributed by atoms with Gasteiger partial charge >= 0.3 is 5.97 Å². The van der Waals surface area contributed by atoms with Crippen molar-refractivity contribution >= 4 is 11.5 Å². The molecule has 4 heteroatoms. The molecule has 2 aromatic carbocycles. The van der Waals surface area contributed by atoms with Gasteiger partial charge in [0.05, 0.1) is 0 Å². The molecule has 0 aliphatic carbocycles. The molecule has 0 atom stereocenters. The Labute approximate surface area is 110 Å². The standard InChI is InChI=1S/C15H11NO3/c17-15(19-16-18)11-14(12-7-3-1-4-8-12)13-9-5-2-6-10-13/h1-11H. The van der Waals surface area contributed by atoms with Gasteiger partial charge in [0.15, 0.2) is 5.34 Å². The smallest absolute Gasteiger partial charge is 0.280 e. The molecular formula is C15H11NO3. The van der Waals surface area contributed by atoms with Gasteiger partial charge in [-0.1, -0.05) is 60.7 Å². The minimum atomic E-state index is -0.794. The number of carbonyl (C=O) groups is 1. The molecule has 0 aliphatic heterocycles. The Morgan fingerprint density at radius 3 is 1.79 bits per heavy atom. The molecule has 0 N–H and O–H groups in total. The molecular weight excluding hydrogens is 242 g/mol. The van der Waals surface area contributed by atoms with Crippen LogP contribution in [0.1, 0.15) is 11.1 Å². The molecule has 0 bridgehead atoms. The van der Waals surface area contributed by atoms with Gasteiger partial charge in [0.2, 0.25) is 0 Å². The summed E-state index contributed by atoms with van der Waals surface area (Å²) >= 11 is 0. The van der Waals surface area contributed by atoms with E-state index in [2.05, 4.69) is 10.2 Å². The Hall–Kier alpha value is -2.75. The summed E-state index contributed by atoms with van der Waals surface area (Å²) in [4.78, 5) is 25.4. The molecule has 2 aromatic rings. The number of nitrogens with zero attached hydrogens (tertiary/aromatic N) is 1. The second kappa shape index (κ2) is 6.26. The highest BCUT2D eigenvalue weighted by atomic mass is 16.7. The van der Waals surface area contributed by atoms with Crippen LogP contribution in [-0.2, 0) is 9.63 Å². The first-order valence-corrected chi connectivity index (χ1v) is 5.67. The molecule has 94 valence electrons. The predicted octanol–water partition coefficient (Wildman–Crippen LogP) is 3.34. The third-order valence-electron chi connectivity index (χ3n) is 2.56. The van der Waals surface area contributed by atoms with E-state index in [0.717, 1.165) is 11.1 Å². The summed E-state index contributed by atoms with van der Waals surface area (Å²) in [5.74, 6) is -0.794. The largest absolute Gasteiger partial charge is 0.362 e. The summed E-state index contributed by atoms with van der Waals surface area (Å²) in [6, 6.07) is 18.8. The first-order chi connectivity index (χ1) is 9.31. The Morgan fingerprint density at radius 1 is 0.895 bits per heavy atom. The molecule has 0 spiro atoms. The van der Waals surface area contributed by atoms with Crippen LogP contribution in [0.25, 0.3) is 5.57 Å². The molecule has 19 heavy (non-hydrogen) atoms. The maximum atomic E-state index is 11.4. The highest BCUT2D eigenvalue weighted by Crippen LogP contribution is 2.23. The number of rotatable bonds is 4. The maximum Gasteiger partial charge on any atom is 0.362 e. The van der Waals surface area contributed by atoms with Gasteiger partial charge in [0.25, 0.3) is 0 Å². The maximum absolute atomic E-state index is 11.4. The molecule has 0 saturated carbocycles. The van der Waals surface area contributed by atoms with Crippen molar-refractivity contribution in [1.29, 1.82) is 0 Å². The lowest BCUT2D eigenvalue weighted by Gasteiger charge is -2.07. The number of hydrogen-bond donors (Lipinski definition) is 0. The molecule has 0 heterocycles. The monoisotopic (exact) mass is 253 g/mol. The van der Waals surface area contributed by atoms with E-state index in [1.54, 1.807) is 0 Å². The van der Waals surface area contributed by atoms with Crippen molar-refractivity contribution < 1.29 is 9.63 Å². The Balaban J connectivity index is 2.46. The lowest BCUT2D eigenvalue weighted by Crippen LogP contribution is -1.97. The third kappa shape index (κ3) is 3.35. The van der Waals surface area contributed by atoms with Crippen LogP contribution >= 0.6 is 0 Å². The topological polar surface area (TPSA) is 55.7 Å². The highest BCUT2D eigenvalue weighted by Gasteiger charge is 2.08. The van der Waals surface area contributed by atoms with Gasteiger partial charge in [-0.05, 0) is 16.7 Å². The molecule has 0 aliphatic rings. The number of hydrogen-bond acceptors (Lipinski definition) is 4.